The molecule has 0 heterocycles. The van der Waals surface area contributed by atoms with Crippen LogP contribution in [0.4, 0.5) is 0 Å². The number of benzene rings is 1. The standard InChI is InChI=1S/C11H13BrO3/c1-14-9-6-8(12)10(15-2)5-7(9)11(13)3-4-11/h5-6,13H,3-4H2,1-2H3. The van der Waals surface area contributed by atoms with Crippen molar-refractivity contribution in [3.8, 4) is 11.5 Å². The number of aliphatic hydroxyl groups is 1. The van der Waals surface area contributed by atoms with E-state index in [0.29, 0.717) is 11.5 Å². The van der Waals surface area contributed by atoms with Crippen molar-refractivity contribution in [3.05, 3.63) is 22.2 Å². The van der Waals surface area contributed by atoms with Crippen LogP contribution in [0.15, 0.2) is 16.6 Å². The number of methoxy groups -OCH3 is 2. The van der Waals surface area contributed by atoms with Crippen LogP contribution in [0.5, 0.6) is 11.5 Å². The molecule has 0 bridgehead atoms. The largest absolute Gasteiger partial charge is 0.496 e. The predicted molar refractivity (Wildman–Crippen MR) is 60.4 cm³/mol. The summed E-state index contributed by atoms with van der Waals surface area (Å²) in [6.45, 7) is 0. The minimum atomic E-state index is -0.709. The Morgan fingerprint density at radius 3 is 2.27 bits per heavy atom. The van der Waals surface area contributed by atoms with Crippen LogP contribution in [0.2, 0.25) is 0 Å². The predicted octanol–water partition coefficient (Wildman–Crippen LogP) is 2.45. The molecule has 4 heteroatoms. The summed E-state index contributed by atoms with van der Waals surface area (Å²) in [5, 5.41) is 10.1. The second-order valence-corrected chi connectivity index (χ2v) is 4.57. The second kappa shape index (κ2) is 3.68. The van der Waals surface area contributed by atoms with E-state index in [1.807, 2.05) is 12.1 Å². The van der Waals surface area contributed by atoms with Gasteiger partial charge in [0.05, 0.1) is 24.3 Å². The Morgan fingerprint density at radius 1 is 1.20 bits per heavy atom. The van der Waals surface area contributed by atoms with Crippen molar-refractivity contribution in [2.45, 2.75) is 18.4 Å². The summed E-state index contributed by atoms with van der Waals surface area (Å²) in [6, 6.07) is 3.65. The molecular weight excluding hydrogens is 260 g/mol. The molecule has 0 aliphatic heterocycles. The van der Waals surface area contributed by atoms with Gasteiger partial charge in [-0.15, -0.1) is 0 Å². The average Bonchev–Trinajstić information content (AvgIpc) is 2.97. The zero-order valence-corrected chi connectivity index (χ0v) is 10.3. The fourth-order valence-electron chi connectivity index (χ4n) is 1.61. The summed E-state index contributed by atoms with van der Waals surface area (Å²) < 4.78 is 11.3. The van der Waals surface area contributed by atoms with E-state index in [0.717, 1.165) is 22.9 Å². The monoisotopic (exact) mass is 272 g/mol. The van der Waals surface area contributed by atoms with Crippen LogP contribution in [0.3, 0.4) is 0 Å². The molecule has 0 saturated heterocycles. The fourth-order valence-corrected chi connectivity index (χ4v) is 2.10. The van der Waals surface area contributed by atoms with Gasteiger partial charge in [0.1, 0.15) is 11.5 Å². The molecule has 1 aromatic rings. The zero-order chi connectivity index (χ0) is 11.1. The summed E-state index contributed by atoms with van der Waals surface area (Å²) in [5.41, 5.74) is 0.101. The molecule has 0 aromatic heterocycles. The van der Waals surface area contributed by atoms with E-state index < -0.39 is 5.60 Å². The Hall–Kier alpha value is -0.740. The van der Waals surface area contributed by atoms with Crippen LogP contribution in [0.25, 0.3) is 0 Å². The number of halogens is 1. The van der Waals surface area contributed by atoms with Crippen molar-refractivity contribution in [2.24, 2.45) is 0 Å². The lowest BCUT2D eigenvalue weighted by molar-refractivity contribution is 0.147. The molecule has 0 radical (unpaired) electrons. The van der Waals surface area contributed by atoms with Crippen LogP contribution in [-0.4, -0.2) is 19.3 Å². The Bertz CT molecular complexity index is 386. The van der Waals surface area contributed by atoms with Crippen LogP contribution < -0.4 is 9.47 Å². The van der Waals surface area contributed by atoms with E-state index in [1.165, 1.54) is 0 Å². The summed E-state index contributed by atoms with van der Waals surface area (Å²) in [7, 11) is 3.21. The average molecular weight is 273 g/mol. The molecule has 0 spiro atoms. The Balaban J connectivity index is 2.51. The highest BCUT2D eigenvalue weighted by molar-refractivity contribution is 9.10. The third-order valence-corrected chi connectivity index (χ3v) is 3.32. The van der Waals surface area contributed by atoms with Gasteiger partial charge in [0, 0.05) is 5.56 Å². The first-order valence-corrected chi connectivity index (χ1v) is 5.54. The maximum Gasteiger partial charge on any atom is 0.133 e. The van der Waals surface area contributed by atoms with Crippen LogP contribution in [0, 0.1) is 0 Å². The fraction of sp³-hybridized carbons (Fsp3) is 0.455. The Kier molecular flexibility index (Phi) is 2.64. The molecule has 1 N–H and O–H groups in total. The molecule has 1 fully saturated rings. The van der Waals surface area contributed by atoms with E-state index in [2.05, 4.69) is 15.9 Å². The third kappa shape index (κ3) is 1.84. The molecule has 1 saturated carbocycles. The number of hydrogen-bond donors (Lipinski definition) is 1. The van der Waals surface area contributed by atoms with Crippen molar-refractivity contribution in [2.75, 3.05) is 14.2 Å². The number of ether oxygens (including phenoxy) is 2. The summed E-state index contributed by atoms with van der Waals surface area (Å²) in [6.07, 6.45) is 1.57. The molecule has 0 atom stereocenters. The van der Waals surface area contributed by atoms with Gasteiger partial charge in [0.2, 0.25) is 0 Å². The molecule has 1 aliphatic carbocycles. The summed E-state index contributed by atoms with van der Waals surface area (Å²) in [4.78, 5) is 0. The minimum Gasteiger partial charge on any atom is -0.496 e. The van der Waals surface area contributed by atoms with E-state index in [4.69, 9.17) is 9.47 Å². The third-order valence-electron chi connectivity index (χ3n) is 2.70. The second-order valence-electron chi connectivity index (χ2n) is 3.72. The lowest BCUT2D eigenvalue weighted by atomic mass is 10.1. The maximum atomic E-state index is 10.1. The van der Waals surface area contributed by atoms with Gasteiger partial charge in [0.25, 0.3) is 0 Å². The smallest absolute Gasteiger partial charge is 0.133 e. The van der Waals surface area contributed by atoms with E-state index in [9.17, 15) is 5.11 Å². The topological polar surface area (TPSA) is 38.7 Å². The summed E-state index contributed by atoms with van der Waals surface area (Å²) >= 11 is 3.38. The van der Waals surface area contributed by atoms with Gasteiger partial charge >= 0.3 is 0 Å². The number of rotatable bonds is 3. The van der Waals surface area contributed by atoms with Gasteiger partial charge in [-0.2, -0.15) is 0 Å². The van der Waals surface area contributed by atoms with Crippen LogP contribution in [-0.2, 0) is 5.60 Å². The molecule has 2 rings (SSSR count). The highest BCUT2D eigenvalue weighted by Crippen LogP contribution is 2.50. The van der Waals surface area contributed by atoms with E-state index in [-0.39, 0.29) is 0 Å². The Morgan fingerprint density at radius 2 is 1.80 bits per heavy atom. The van der Waals surface area contributed by atoms with Crippen molar-refractivity contribution < 1.29 is 14.6 Å². The van der Waals surface area contributed by atoms with Gasteiger partial charge in [-0.25, -0.2) is 0 Å². The van der Waals surface area contributed by atoms with Crippen molar-refractivity contribution in [1.82, 2.24) is 0 Å². The molecule has 1 aliphatic rings. The number of hydrogen-bond acceptors (Lipinski definition) is 3. The van der Waals surface area contributed by atoms with Crippen LogP contribution in [0.1, 0.15) is 18.4 Å². The lowest BCUT2D eigenvalue weighted by Crippen LogP contribution is -2.07. The summed E-state index contributed by atoms with van der Waals surface area (Å²) in [5.74, 6) is 1.41. The van der Waals surface area contributed by atoms with Gasteiger partial charge in [0.15, 0.2) is 0 Å². The molecule has 0 amide bonds. The van der Waals surface area contributed by atoms with Crippen LogP contribution >= 0.6 is 15.9 Å². The first-order chi connectivity index (χ1) is 7.10. The Labute approximate surface area is 97.1 Å². The first-order valence-electron chi connectivity index (χ1n) is 4.75. The van der Waals surface area contributed by atoms with E-state index >= 15 is 0 Å². The van der Waals surface area contributed by atoms with Gasteiger partial charge in [-0.3, -0.25) is 0 Å². The van der Waals surface area contributed by atoms with E-state index in [1.54, 1.807) is 14.2 Å². The lowest BCUT2D eigenvalue weighted by Gasteiger charge is -2.15. The van der Waals surface area contributed by atoms with Gasteiger partial charge in [-0.05, 0) is 40.9 Å². The minimum absolute atomic E-state index is 0.697. The van der Waals surface area contributed by atoms with Gasteiger partial charge < -0.3 is 14.6 Å². The zero-order valence-electron chi connectivity index (χ0n) is 8.71. The molecule has 1 aromatic carbocycles. The van der Waals surface area contributed by atoms with Gasteiger partial charge in [-0.1, -0.05) is 0 Å². The SMILES string of the molecule is COc1cc(C2(O)CC2)c(OC)cc1Br. The molecule has 82 valence electrons. The normalized spacial score (nSPS) is 17.3. The van der Waals surface area contributed by atoms with Crippen molar-refractivity contribution in [1.29, 1.82) is 0 Å². The first kappa shape index (κ1) is 10.8. The highest BCUT2D eigenvalue weighted by atomic mass is 79.9. The quantitative estimate of drug-likeness (QED) is 0.919. The molecule has 0 unspecified atom stereocenters. The highest BCUT2D eigenvalue weighted by Gasteiger charge is 2.44. The maximum absolute atomic E-state index is 10.1. The van der Waals surface area contributed by atoms with Crippen molar-refractivity contribution >= 4 is 15.9 Å². The molecular formula is C11H13BrO3. The van der Waals surface area contributed by atoms with Crippen molar-refractivity contribution in [3.63, 3.8) is 0 Å². The molecule has 15 heavy (non-hydrogen) atoms. The molecule has 3 nitrogen and oxygen atoms in total.